The van der Waals surface area contributed by atoms with Gasteiger partial charge < -0.3 is 47.7 Å². The number of cyclic esters (lactones) is 1. The molecule has 3 rings (SSSR count). The van der Waals surface area contributed by atoms with Crippen LogP contribution >= 0.6 is 0 Å². The minimum absolute atomic E-state index is 0.0957. The molecule has 0 aliphatic carbocycles. The van der Waals surface area contributed by atoms with Crippen molar-refractivity contribution in [2.75, 3.05) is 14.2 Å². The molecule has 1 N–H and O–H groups in total. The van der Waals surface area contributed by atoms with Crippen molar-refractivity contribution in [2.24, 2.45) is 41.4 Å². The number of carbonyl (C=O) groups is 4. The molecule has 0 amide bonds. The first-order valence-electron chi connectivity index (χ1n) is 20.6. The van der Waals surface area contributed by atoms with E-state index >= 15 is 0 Å². The molecule has 3 aliphatic rings. The summed E-state index contributed by atoms with van der Waals surface area (Å²) in [6.45, 7) is 23.2. The molecule has 14 heteroatoms. The van der Waals surface area contributed by atoms with Crippen molar-refractivity contribution in [1.82, 2.24) is 0 Å². The Kier molecular flexibility index (Phi) is 17.8. The number of Topliss-reactive ketones (excluding diaryl/α,β-unsaturated/α-hetero) is 1. The Morgan fingerprint density at radius 2 is 1.48 bits per heavy atom. The summed E-state index contributed by atoms with van der Waals surface area (Å²) >= 11 is 0. The van der Waals surface area contributed by atoms with Gasteiger partial charge >= 0.3 is 17.9 Å². The van der Waals surface area contributed by atoms with Crippen molar-refractivity contribution >= 4 is 23.7 Å². The number of hydrogen-bond acceptors (Lipinski definition) is 14. The van der Waals surface area contributed by atoms with Crippen LogP contribution < -0.4 is 0 Å². The maximum absolute atomic E-state index is 14.5. The molecule has 0 radical (unpaired) electrons. The molecule has 2 unspecified atom stereocenters. The number of aliphatic hydroxyl groups is 1. The van der Waals surface area contributed by atoms with Crippen molar-refractivity contribution < 1.29 is 66.9 Å². The van der Waals surface area contributed by atoms with Gasteiger partial charge in [-0.15, -0.1) is 0 Å². The second-order valence-corrected chi connectivity index (χ2v) is 17.2. The van der Waals surface area contributed by atoms with Gasteiger partial charge in [0.05, 0.1) is 42.4 Å². The number of methoxy groups -OCH3 is 2. The number of esters is 3. The monoisotopic (exact) mass is 800 g/mol. The summed E-state index contributed by atoms with van der Waals surface area (Å²) in [5, 5.41) is 11.4. The highest BCUT2D eigenvalue weighted by Crippen LogP contribution is 2.40. The molecular formula is C42H72O14. The van der Waals surface area contributed by atoms with E-state index in [0.717, 1.165) is 0 Å². The molecule has 0 aromatic rings. The van der Waals surface area contributed by atoms with Crippen LogP contribution in [0, 0.1) is 41.4 Å². The van der Waals surface area contributed by atoms with E-state index in [1.165, 1.54) is 28.1 Å². The van der Waals surface area contributed by atoms with Gasteiger partial charge in [0, 0.05) is 58.7 Å². The second-order valence-electron chi connectivity index (χ2n) is 17.2. The van der Waals surface area contributed by atoms with Crippen LogP contribution in [-0.4, -0.2) is 116 Å². The first-order chi connectivity index (χ1) is 26.1. The van der Waals surface area contributed by atoms with Crippen LogP contribution in [0.15, 0.2) is 0 Å². The summed E-state index contributed by atoms with van der Waals surface area (Å²) in [5.41, 5.74) is -0.994. The molecule has 14 nitrogen and oxygen atoms in total. The van der Waals surface area contributed by atoms with Gasteiger partial charge in [-0.05, 0) is 46.0 Å². The first-order valence-corrected chi connectivity index (χ1v) is 20.6. The lowest BCUT2D eigenvalue weighted by Crippen LogP contribution is -2.59. The zero-order valence-electron chi connectivity index (χ0n) is 36.5. The molecule has 0 aromatic carbocycles. The molecule has 3 saturated heterocycles. The Hall–Kier alpha value is -2.20. The predicted molar refractivity (Wildman–Crippen MR) is 205 cm³/mol. The van der Waals surface area contributed by atoms with E-state index in [-0.39, 0.29) is 30.1 Å². The van der Waals surface area contributed by atoms with Crippen LogP contribution in [0.3, 0.4) is 0 Å². The van der Waals surface area contributed by atoms with Crippen molar-refractivity contribution in [1.29, 1.82) is 0 Å². The highest BCUT2D eigenvalue weighted by molar-refractivity contribution is 5.83. The SMILES string of the molecule is CC[C@H](C)C1OC(=O)[C@H](C)C(O[C@H]2C[C@@](C)(OC)[C@H](OC(C)=O)[C@H](C)O2)[C@H](C)[C@@H](O[C@@H]2O[C@H](C)C[C@H](OC)[C@H]2O)[C@@H](C)C[C@@H](C)C(=O)[C@H](C)[C@@H](OC(C)=O)[C@H]1C. The molecule has 56 heavy (non-hydrogen) atoms. The number of ether oxygens (including phenoxy) is 9. The quantitative estimate of drug-likeness (QED) is 0.219. The van der Waals surface area contributed by atoms with E-state index < -0.39 is 115 Å². The van der Waals surface area contributed by atoms with Gasteiger partial charge in [-0.25, -0.2) is 0 Å². The first kappa shape index (κ1) is 48.2. The topological polar surface area (TPSA) is 172 Å². The lowest BCUT2D eigenvalue weighted by Gasteiger charge is -2.48. The van der Waals surface area contributed by atoms with Crippen LogP contribution in [-0.2, 0) is 61.8 Å². The average molecular weight is 801 g/mol. The Bertz CT molecular complexity index is 1310. The van der Waals surface area contributed by atoms with E-state index in [1.807, 2.05) is 55.4 Å². The van der Waals surface area contributed by atoms with Crippen LogP contribution in [0.1, 0.15) is 116 Å². The van der Waals surface area contributed by atoms with E-state index in [0.29, 0.717) is 19.3 Å². The third kappa shape index (κ3) is 11.5. The van der Waals surface area contributed by atoms with Crippen molar-refractivity contribution in [3.63, 3.8) is 0 Å². The summed E-state index contributed by atoms with van der Waals surface area (Å²) in [6.07, 6.45) is -6.84. The van der Waals surface area contributed by atoms with Crippen LogP contribution in [0.5, 0.6) is 0 Å². The summed E-state index contributed by atoms with van der Waals surface area (Å²) in [6, 6.07) is 0. The zero-order chi connectivity index (χ0) is 42.4. The largest absolute Gasteiger partial charge is 0.461 e. The van der Waals surface area contributed by atoms with Crippen molar-refractivity contribution in [2.45, 2.75) is 189 Å². The lowest BCUT2D eigenvalue weighted by molar-refractivity contribution is -0.313. The Labute approximate surface area is 334 Å². The highest BCUT2D eigenvalue weighted by Gasteiger charge is 2.52. The van der Waals surface area contributed by atoms with E-state index in [4.69, 9.17) is 42.6 Å². The smallest absolute Gasteiger partial charge is 0.311 e. The van der Waals surface area contributed by atoms with E-state index in [1.54, 1.807) is 20.8 Å². The summed E-state index contributed by atoms with van der Waals surface area (Å²) in [7, 11) is 3.07. The fraction of sp³-hybridized carbons (Fsp3) is 0.905. The van der Waals surface area contributed by atoms with Gasteiger partial charge in [-0.3, -0.25) is 19.2 Å². The van der Waals surface area contributed by atoms with Gasteiger partial charge in [0.2, 0.25) is 0 Å². The summed E-state index contributed by atoms with van der Waals surface area (Å²) < 4.78 is 55.6. The number of ketones is 1. The third-order valence-corrected chi connectivity index (χ3v) is 12.6. The lowest BCUT2D eigenvalue weighted by atomic mass is 9.75. The van der Waals surface area contributed by atoms with Crippen molar-refractivity contribution in [3.8, 4) is 0 Å². The Balaban J connectivity index is 2.19. The van der Waals surface area contributed by atoms with Crippen molar-refractivity contribution in [3.05, 3.63) is 0 Å². The number of carbonyl (C=O) groups excluding carboxylic acids is 4. The standard InChI is InChI=1S/C42H72O14/c1-16-20(2)35-25(7)37(52-29(11)43)24(6)33(45)21(3)17-22(4)36(56-41-34(46)31(48-14)18-23(5)50-41)26(8)38(27(9)40(47)55-35)54-32-19-42(13,49-15)39(28(10)51-32)53-30(12)44/h20-28,31-32,34-39,41,46H,16-19H2,1-15H3/t20-,21+,22-,23+,24-,25-,26+,27+,28-,31-,32-,34+,35?,36-,37+,38?,39+,41-,42+/m0/s1. The number of aliphatic hydroxyl groups excluding tert-OH is 1. The number of hydrogen-bond donors (Lipinski definition) is 1. The maximum Gasteiger partial charge on any atom is 0.311 e. The van der Waals surface area contributed by atoms with Gasteiger partial charge in [0.1, 0.15) is 29.7 Å². The molecule has 324 valence electrons. The molecule has 19 atom stereocenters. The normalized spacial score (nSPS) is 43.9. The molecule has 0 saturated carbocycles. The molecule has 0 bridgehead atoms. The molecule has 3 aliphatic heterocycles. The van der Waals surface area contributed by atoms with Crippen LogP contribution in [0.2, 0.25) is 0 Å². The van der Waals surface area contributed by atoms with Gasteiger partial charge in [-0.1, -0.05) is 54.9 Å². The minimum atomic E-state index is -1.12. The van der Waals surface area contributed by atoms with Gasteiger partial charge in [0.15, 0.2) is 18.7 Å². The molecular weight excluding hydrogens is 728 g/mol. The van der Waals surface area contributed by atoms with Crippen LogP contribution in [0.25, 0.3) is 0 Å². The maximum atomic E-state index is 14.5. The summed E-state index contributed by atoms with van der Waals surface area (Å²) in [5.74, 6) is -5.31. The second kappa shape index (κ2) is 20.7. The third-order valence-electron chi connectivity index (χ3n) is 12.6. The average Bonchev–Trinajstić information content (AvgIpc) is 3.14. The highest BCUT2D eigenvalue weighted by atomic mass is 16.7. The van der Waals surface area contributed by atoms with Gasteiger partial charge in [0.25, 0.3) is 0 Å². The summed E-state index contributed by atoms with van der Waals surface area (Å²) in [4.78, 5) is 53.3. The fourth-order valence-electron chi connectivity index (χ4n) is 9.14. The number of rotatable bonds is 10. The molecule has 3 heterocycles. The minimum Gasteiger partial charge on any atom is -0.461 e. The molecule has 0 spiro atoms. The van der Waals surface area contributed by atoms with E-state index in [2.05, 4.69) is 0 Å². The predicted octanol–water partition coefficient (Wildman–Crippen LogP) is 5.42. The molecule has 0 aromatic heterocycles. The Morgan fingerprint density at radius 3 is 2.04 bits per heavy atom. The molecule has 3 fully saturated rings. The van der Waals surface area contributed by atoms with E-state index in [9.17, 15) is 24.3 Å². The fourth-order valence-corrected chi connectivity index (χ4v) is 9.14. The van der Waals surface area contributed by atoms with Crippen LogP contribution in [0.4, 0.5) is 0 Å². The van der Waals surface area contributed by atoms with Gasteiger partial charge in [-0.2, -0.15) is 0 Å². The Morgan fingerprint density at radius 1 is 0.857 bits per heavy atom. The zero-order valence-corrected chi connectivity index (χ0v) is 36.5.